The van der Waals surface area contributed by atoms with Crippen LogP contribution >= 0.6 is 0 Å². The highest BCUT2D eigenvalue weighted by molar-refractivity contribution is 5.94. The molecule has 0 saturated heterocycles. The zero-order chi connectivity index (χ0) is 17.2. The number of nitrogens with zero attached hydrogens (tertiary/aromatic N) is 1. The average Bonchev–Trinajstić information content (AvgIpc) is 2.98. The molecule has 0 spiro atoms. The van der Waals surface area contributed by atoms with Crippen LogP contribution in [0, 0.1) is 0 Å². The molecule has 0 fully saturated rings. The maximum Gasteiger partial charge on any atom is 0.328 e. The van der Waals surface area contributed by atoms with Gasteiger partial charge in [-0.1, -0.05) is 60.7 Å². The summed E-state index contributed by atoms with van der Waals surface area (Å²) in [6, 6.07) is 22.8. The SMILES string of the molecule is O=C(O)/C=C/c1cn(Cc2cccc3ccccc23)c2ccccc12. The topological polar surface area (TPSA) is 42.2 Å². The van der Waals surface area contributed by atoms with Gasteiger partial charge < -0.3 is 9.67 Å². The summed E-state index contributed by atoms with van der Waals surface area (Å²) in [5.74, 6) is -0.939. The molecule has 0 aliphatic heterocycles. The fourth-order valence-corrected chi connectivity index (χ4v) is 3.31. The lowest BCUT2D eigenvalue weighted by molar-refractivity contribution is -0.131. The summed E-state index contributed by atoms with van der Waals surface area (Å²) in [6.45, 7) is 0.739. The van der Waals surface area contributed by atoms with Gasteiger partial charge in [-0.15, -0.1) is 0 Å². The normalized spacial score (nSPS) is 11.5. The van der Waals surface area contributed by atoms with Crippen molar-refractivity contribution < 1.29 is 9.90 Å². The first-order chi connectivity index (χ1) is 12.2. The van der Waals surface area contributed by atoms with Gasteiger partial charge in [0.2, 0.25) is 0 Å². The van der Waals surface area contributed by atoms with Crippen molar-refractivity contribution in [3.63, 3.8) is 0 Å². The van der Waals surface area contributed by atoms with E-state index in [1.165, 1.54) is 22.4 Å². The summed E-state index contributed by atoms with van der Waals surface area (Å²) in [5, 5.41) is 12.4. The minimum atomic E-state index is -0.939. The first-order valence-corrected chi connectivity index (χ1v) is 8.18. The molecule has 0 bridgehead atoms. The largest absolute Gasteiger partial charge is 0.478 e. The van der Waals surface area contributed by atoms with E-state index in [0.717, 1.165) is 23.0 Å². The van der Waals surface area contributed by atoms with Crippen molar-refractivity contribution in [1.82, 2.24) is 4.57 Å². The third kappa shape index (κ3) is 2.92. The zero-order valence-corrected chi connectivity index (χ0v) is 13.6. The first kappa shape index (κ1) is 15.2. The third-order valence-electron chi connectivity index (χ3n) is 4.45. The van der Waals surface area contributed by atoms with Crippen molar-refractivity contribution in [2.45, 2.75) is 6.54 Å². The molecule has 0 aliphatic carbocycles. The van der Waals surface area contributed by atoms with E-state index in [0.29, 0.717) is 0 Å². The van der Waals surface area contributed by atoms with Gasteiger partial charge in [0.05, 0.1) is 0 Å². The van der Waals surface area contributed by atoms with E-state index in [-0.39, 0.29) is 0 Å². The molecule has 4 rings (SSSR count). The summed E-state index contributed by atoms with van der Waals surface area (Å²) in [5.41, 5.74) is 3.26. The van der Waals surface area contributed by atoms with Gasteiger partial charge in [-0.2, -0.15) is 0 Å². The predicted octanol–water partition coefficient (Wildman–Crippen LogP) is 4.94. The van der Waals surface area contributed by atoms with E-state index in [1.54, 1.807) is 6.08 Å². The Morgan fingerprint density at radius 3 is 2.48 bits per heavy atom. The number of aliphatic carboxylic acids is 1. The van der Waals surface area contributed by atoms with Crippen LogP contribution in [0.2, 0.25) is 0 Å². The predicted molar refractivity (Wildman–Crippen MR) is 102 cm³/mol. The molecular formula is C22H17NO2. The molecule has 1 heterocycles. The van der Waals surface area contributed by atoms with Gasteiger partial charge in [0.1, 0.15) is 0 Å². The average molecular weight is 327 g/mol. The number of carboxylic acids is 1. The van der Waals surface area contributed by atoms with E-state index in [1.807, 2.05) is 30.5 Å². The lowest BCUT2D eigenvalue weighted by atomic mass is 10.0. The zero-order valence-electron chi connectivity index (χ0n) is 13.6. The number of hydrogen-bond acceptors (Lipinski definition) is 1. The smallest absolute Gasteiger partial charge is 0.328 e. The molecule has 3 aromatic carbocycles. The van der Waals surface area contributed by atoms with Crippen molar-refractivity contribution in [3.8, 4) is 0 Å². The number of carbonyl (C=O) groups is 1. The molecule has 25 heavy (non-hydrogen) atoms. The van der Waals surface area contributed by atoms with Crippen molar-refractivity contribution in [2.24, 2.45) is 0 Å². The summed E-state index contributed by atoms with van der Waals surface area (Å²) in [4.78, 5) is 10.9. The molecule has 0 amide bonds. The van der Waals surface area contributed by atoms with Crippen LogP contribution in [-0.4, -0.2) is 15.6 Å². The number of rotatable bonds is 4. The second kappa shape index (κ2) is 6.29. The number of benzene rings is 3. The molecule has 1 N–H and O–H groups in total. The Morgan fingerprint density at radius 2 is 1.64 bits per heavy atom. The first-order valence-electron chi connectivity index (χ1n) is 8.18. The fraction of sp³-hybridized carbons (Fsp3) is 0.0455. The van der Waals surface area contributed by atoms with Crippen molar-refractivity contribution >= 4 is 33.7 Å². The molecule has 0 unspecified atom stereocenters. The van der Waals surface area contributed by atoms with Gasteiger partial charge in [0.25, 0.3) is 0 Å². The molecular weight excluding hydrogens is 310 g/mol. The van der Waals surface area contributed by atoms with Crippen molar-refractivity contribution in [1.29, 1.82) is 0 Å². The lowest BCUT2D eigenvalue weighted by Gasteiger charge is -2.09. The maximum absolute atomic E-state index is 10.9. The van der Waals surface area contributed by atoms with Gasteiger partial charge >= 0.3 is 5.97 Å². The van der Waals surface area contributed by atoms with E-state index in [2.05, 4.69) is 47.0 Å². The minimum absolute atomic E-state index is 0.739. The Bertz CT molecular complexity index is 1100. The molecule has 0 aliphatic rings. The van der Waals surface area contributed by atoms with Crippen LogP contribution in [0.4, 0.5) is 0 Å². The highest BCUT2D eigenvalue weighted by Gasteiger charge is 2.08. The van der Waals surface area contributed by atoms with E-state index < -0.39 is 5.97 Å². The third-order valence-corrected chi connectivity index (χ3v) is 4.45. The monoisotopic (exact) mass is 327 g/mol. The quantitative estimate of drug-likeness (QED) is 0.539. The summed E-state index contributed by atoms with van der Waals surface area (Å²) < 4.78 is 2.18. The van der Waals surface area contributed by atoms with Crippen LogP contribution in [0.1, 0.15) is 11.1 Å². The molecule has 3 heteroatoms. The van der Waals surface area contributed by atoms with Crippen LogP contribution in [0.15, 0.2) is 79.0 Å². The Hall–Kier alpha value is -3.33. The minimum Gasteiger partial charge on any atom is -0.478 e. The maximum atomic E-state index is 10.9. The number of hydrogen-bond donors (Lipinski definition) is 1. The van der Waals surface area contributed by atoms with Gasteiger partial charge in [-0.25, -0.2) is 4.79 Å². The molecule has 1 aromatic heterocycles. The second-order valence-electron chi connectivity index (χ2n) is 6.04. The number of carboxylic acid groups (broad SMARTS) is 1. The van der Waals surface area contributed by atoms with E-state index in [9.17, 15) is 4.79 Å². The van der Waals surface area contributed by atoms with E-state index >= 15 is 0 Å². The van der Waals surface area contributed by atoms with Gasteiger partial charge in [0, 0.05) is 35.3 Å². The standard InChI is InChI=1S/C22H17NO2/c24-22(25)13-12-18-15-23(21-11-4-3-10-20(18)21)14-17-8-5-7-16-6-1-2-9-19(16)17/h1-13,15H,14H2,(H,24,25)/b13-12+. The molecule has 4 aromatic rings. The van der Waals surface area contributed by atoms with Gasteiger partial charge in [-0.05, 0) is 28.5 Å². The molecule has 0 atom stereocenters. The fourth-order valence-electron chi connectivity index (χ4n) is 3.31. The van der Waals surface area contributed by atoms with Crippen LogP contribution in [0.25, 0.3) is 27.8 Å². The Kier molecular flexibility index (Phi) is 3.82. The molecule has 3 nitrogen and oxygen atoms in total. The molecule has 0 radical (unpaired) electrons. The number of fused-ring (bicyclic) bond motifs is 2. The molecule has 122 valence electrons. The van der Waals surface area contributed by atoms with Crippen LogP contribution in [0.3, 0.4) is 0 Å². The number of para-hydroxylation sites is 1. The molecule has 0 saturated carbocycles. The highest BCUT2D eigenvalue weighted by Crippen LogP contribution is 2.25. The number of aromatic nitrogens is 1. The van der Waals surface area contributed by atoms with Gasteiger partial charge in [0.15, 0.2) is 0 Å². The summed E-state index contributed by atoms with van der Waals surface area (Å²) >= 11 is 0. The van der Waals surface area contributed by atoms with Crippen molar-refractivity contribution in [2.75, 3.05) is 0 Å². The summed E-state index contributed by atoms with van der Waals surface area (Å²) in [6.07, 6.45) is 4.86. The van der Waals surface area contributed by atoms with Crippen LogP contribution in [0.5, 0.6) is 0 Å². The van der Waals surface area contributed by atoms with E-state index in [4.69, 9.17) is 5.11 Å². The Labute approximate surface area is 145 Å². The van der Waals surface area contributed by atoms with Crippen LogP contribution < -0.4 is 0 Å². The van der Waals surface area contributed by atoms with Crippen molar-refractivity contribution in [3.05, 3.63) is 90.1 Å². The Balaban J connectivity index is 1.83. The van der Waals surface area contributed by atoms with Crippen LogP contribution in [-0.2, 0) is 11.3 Å². The lowest BCUT2D eigenvalue weighted by Crippen LogP contribution is -1.98. The highest BCUT2D eigenvalue weighted by atomic mass is 16.4. The summed E-state index contributed by atoms with van der Waals surface area (Å²) in [7, 11) is 0. The van der Waals surface area contributed by atoms with Gasteiger partial charge in [-0.3, -0.25) is 0 Å². The second-order valence-corrected chi connectivity index (χ2v) is 6.04. The Morgan fingerprint density at radius 1 is 0.920 bits per heavy atom.